The van der Waals surface area contributed by atoms with Crippen LogP contribution in [0.2, 0.25) is 0 Å². The molecular weight excluding hydrogens is 430 g/mol. The molecular formula is C23H25N3O3S2. The third-order valence-corrected chi connectivity index (χ3v) is 8.10. The lowest BCUT2D eigenvalue weighted by atomic mass is 10.1. The number of carbonyl (C=O) groups excluding carboxylic acids is 1. The van der Waals surface area contributed by atoms with Crippen LogP contribution in [0.1, 0.15) is 46.5 Å². The fourth-order valence-corrected chi connectivity index (χ4v) is 6.05. The second kappa shape index (κ2) is 9.72. The lowest BCUT2D eigenvalue weighted by Gasteiger charge is -2.20. The molecule has 4 rings (SSSR count). The Balaban J connectivity index is 1.46. The van der Waals surface area contributed by atoms with Crippen molar-refractivity contribution in [3.8, 4) is 0 Å². The molecule has 6 nitrogen and oxygen atoms in total. The van der Waals surface area contributed by atoms with Gasteiger partial charge in [0.15, 0.2) is 5.13 Å². The van der Waals surface area contributed by atoms with Gasteiger partial charge in [0.05, 0.1) is 4.90 Å². The highest BCUT2D eigenvalue weighted by atomic mass is 32.2. The predicted octanol–water partition coefficient (Wildman–Crippen LogP) is 4.55. The van der Waals surface area contributed by atoms with Gasteiger partial charge in [-0.25, -0.2) is 13.4 Å². The first kappa shape index (κ1) is 21.7. The molecule has 1 aliphatic heterocycles. The van der Waals surface area contributed by atoms with Gasteiger partial charge in [-0.1, -0.05) is 49.2 Å². The molecule has 0 spiro atoms. The highest BCUT2D eigenvalue weighted by Crippen LogP contribution is 2.24. The number of hydrogen-bond donors (Lipinski definition) is 1. The maximum absolute atomic E-state index is 13.0. The van der Waals surface area contributed by atoms with E-state index in [1.165, 1.54) is 27.3 Å². The number of nitrogens with zero attached hydrogens (tertiary/aromatic N) is 2. The molecule has 0 saturated carbocycles. The van der Waals surface area contributed by atoms with Crippen molar-refractivity contribution >= 4 is 32.4 Å². The maximum atomic E-state index is 13.0. The SMILES string of the molecule is O=C(Nc1ncc(Cc2ccccc2)s1)c1cccc(S(=O)(=O)N2CCCCCC2)c1. The largest absolute Gasteiger partial charge is 0.298 e. The Morgan fingerprint density at radius 2 is 1.74 bits per heavy atom. The lowest BCUT2D eigenvalue weighted by molar-refractivity contribution is 0.102. The van der Waals surface area contributed by atoms with Gasteiger partial charge in [-0.3, -0.25) is 10.1 Å². The van der Waals surface area contributed by atoms with Crippen molar-refractivity contribution in [1.29, 1.82) is 0 Å². The van der Waals surface area contributed by atoms with Crippen molar-refractivity contribution in [1.82, 2.24) is 9.29 Å². The molecule has 0 aliphatic carbocycles. The van der Waals surface area contributed by atoms with E-state index in [0.717, 1.165) is 37.0 Å². The Labute approximate surface area is 187 Å². The van der Waals surface area contributed by atoms with Gasteiger partial charge in [-0.2, -0.15) is 4.31 Å². The topological polar surface area (TPSA) is 79.4 Å². The molecule has 0 unspecified atom stereocenters. The molecule has 1 aromatic heterocycles. The Morgan fingerprint density at radius 3 is 2.48 bits per heavy atom. The Hall–Kier alpha value is -2.55. The maximum Gasteiger partial charge on any atom is 0.257 e. The molecule has 8 heteroatoms. The summed E-state index contributed by atoms with van der Waals surface area (Å²) in [4.78, 5) is 18.2. The summed E-state index contributed by atoms with van der Waals surface area (Å²) in [5, 5.41) is 3.29. The summed E-state index contributed by atoms with van der Waals surface area (Å²) in [5.74, 6) is -0.367. The van der Waals surface area contributed by atoms with Crippen molar-refractivity contribution in [2.45, 2.75) is 37.0 Å². The Kier molecular flexibility index (Phi) is 6.80. The first-order chi connectivity index (χ1) is 15.0. The molecule has 0 radical (unpaired) electrons. The number of rotatable bonds is 6. The molecule has 1 saturated heterocycles. The van der Waals surface area contributed by atoms with Gasteiger partial charge in [-0.15, -0.1) is 11.3 Å². The zero-order chi connectivity index (χ0) is 21.7. The number of nitrogens with one attached hydrogen (secondary N) is 1. The van der Waals surface area contributed by atoms with E-state index in [0.29, 0.717) is 23.8 Å². The van der Waals surface area contributed by atoms with Crippen LogP contribution in [0, 0.1) is 0 Å². The molecule has 1 fully saturated rings. The monoisotopic (exact) mass is 455 g/mol. The van der Waals surface area contributed by atoms with Crippen LogP contribution >= 0.6 is 11.3 Å². The third kappa shape index (κ3) is 5.39. The smallest absolute Gasteiger partial charge is 0.257 e. The summed E-state index contributed by atoms with van der Waals surface area (Å²) in [7, 11) is -3.60. The van der Waals surface area contributed by atoms with Gasteiger partial charge < -0.3 is 0 Å². The van der Waals surface area contributed by atoms with Crippen LogP contribution in [-0.2, 0) is 16.4 Å². The molecule has 0 bridgehead atoms. The minimum atomic E-state index is -3.60. The quantitative estimate of drug-likeness (QED) is 0.591. The van der Waals surface area contributed by atoms with Gasteiger partial charge in [0.2, 0.25) is 10.0 Å². The second-order valence-corrected chi connectivity index (χ2v) is 10.6. The summed E-state index contributed by atoms with van der Waals surface area (Å²) < 4.78 is 27.6. The van der Waals surface area contributed by atoms with Crippen molar-refractivity contribution < 1.29 is 13.2 Å². The van der Waals surface area contributed by atoms with E-state index in [1.807, 2.05) is 30.3 Å². The van der Waals surface area contributed by atoms with E-state index in [4.69, 9.17) is 0 Å². The molecule has 162 valence electrons. The van der Waals surface area contributed by atoms with Crippen molar-refractivity contribution in [2.24, 2.45) is 0 Å². The minimum Gasteiger partial charge on any atom is -0.298 e. The highest BCUT2D eigenvalue weighted by Gasteiger charge is 2.26. The number of thiazole rings is 1. The van der Waals surface area contributed by atoms with Crippen LogP contribution in [0.25, 0.3) is 0 Å². The van der Waals surface area contributed by atoms with Gasteiger partial charge in [0.1, 0.15) is 0 Å². The summed E-state index contributed by atoms with van der Waals surface area (Å²) >= 11 is 1.42. The van der Waals surface area contributed by atoms with Crippen LogP contribution in [-0.4, -0.2) is 36.7 Å². The van der Waals surface area contributed by atoms with E-state index < -0.39 is 10.0 Å². The van der Waals surface area contributed by atoms with Gasteiger partial charge in [0.25, 0.3) is 5.91 Å². The standard InChI is InChI=1S/C23H25N3O3S2/c27-22(25-23-24-17-20(30-23)15-18-9-4-3-5-10-18)19-11-8-12-21(16-19)31(28,29)26-13-6-1-2-7-14-26/h3-5,8-12,16-17H,1-2,6-7,13-15H2,(H,24,25,27). The minimum absolute atomic E-state index is 0.158. The Morgan fingerprint density at radius 1 is 1.00 bits per heavy atom. The molecule has 1 N–H and O–H groups in total. The highest BCUT2D eigenvalue weighted by molar-refractivity contribution is 7.89. The number of amides is 1. The van der Waals surface area contributed by atoms with Crippen LogP contribution in [0.4, 0.5) is 5.13 Å². The third-order valence-electron chi connectivity index (χ3n) is 5.29. The number of anilines is 1. The van der Waals surface area contributed by atoms with E-state index in [1.54, 1.807) is 24.4 Å². The van der Waals surface area contributed by atoms with Crippen molar-refractivity contribution in [2.75, 3.05) is 18.4 Å². The van der Waals surface area contributed by atoms with Gasteiger partial charge in [0, 0.05) is 36.1 Å². The van der Waals surface area contributed by atoms with E-state index in [-0.39, 0.29) is 10.8 Å². The molecule has 2 heterocycles. The normalized spacial score (nSPS) is 15.4. The zero-order valence-corrected chi connectivity index (χ0v) is 18.8. The zero-order valence-electron chi connectivity index (χ0n) is 17.2. The average Bonchev–Trinajstić information content (AvgIpc) is 3.03. The number of aromatic nitrogens is 1. The van der Waals surface area contributed by atoms with Crippen LogP contribution in [0.15, 0.2) is 65.7 Å². The van der Waals surface area contributed by atoms with Crippen LogP contribution in [0.3, 0.4) is 0 Å². The fourth-order valence-electron chi connectivity index (χ4n) is 3.64. The van der Waals surface area contributed by atoms with Crippen molar-refractivity contribution in [3.05, 3.63) is 76.8 Å². The summed E-state index contributed by atoms with van der Waals surface area (Å²) in [6.07, 6.45) is 6.35. The predicted molar refractivity (Wildman–Crippen MR) is 123 cm³/mol. The molecule has 3 aromatic rings. The second-order valence-electron chi connectivity index (χ2n) is 7.59. The molecule has 1 amide bonds. The number of hydrogen-bond acceptors (Lipinski definition) is 5. The summed E-state index contributed by atoms with van der Waals surface area (Å²) in [6, 6.07) is 16.3. The van der Waals surface area contributed by atoms with Crippen LogP contribution < -0.4 is 5.32 Å². The fraction of sp³-hybridized carbons (Fsp3) is 0.304. The first-order valence-electron chi connectivity index (χ1n) is 10.4. The summed E-state index contributed by atoms with van der Waals surface area (Å²) in [6.45, 7) is 1.06. The van der Waals surface area contributed by atoms with Crippen molar-refractivity contribution in [3.63, 3.8) is 0 Å². The average molecular weight is 456 g/mol. The number of carbonyl (C=O) groups is 1. The summed E-state index contributed by atoms with van der Waals surface area (Å²) in [5.41, 5.74) is 1.48. The molecule has 0 atom stereocenters. The van der Waals surface area contributed by atoms with E-state index in [2.05, 4.69) is 10.3 Å². The Bertz CT molecular complexity index is 1140. The van der Waals surface area contributed by atoms with Gasteiger partial charge >= 0.3 is 0 Å². The molecule has 31 heavy (non-hydrogen) atoms. The van der Waals surface area contributed by atoms with Crippen LogP contribution in [0.5, 0.6) is 0 Å². The number of benzene rings is 2. The lowest BCUT2D eigenvalue weighted by Crippen LogP contribution is -2.32. The molecule has 1 aliphatic rings. The number of sulfonamides is 1. The van der Waals surface area contributed by atoms with E-state index >= 15 is 0 Å². The van der Waals surface area contributed by atoms with E-state index in [9.17, 15) is 13.2 Å². The van der Waals surface area contributed by atoms with Gasteiger partial charge in [-0.05, 0) is 36.6 Å². The first-order valence-corrected chi connectivity index (χ1v) is 12.7. The molecule has 2 aromatic carbocycles.